The third kappa shape index (κ3) is 7.29. The van der Waals surface area contributed by atoms with Crippen LogP contribution >= 0.6 is 0 Å². The third-order valence-corrected chi connectivity index (χ3v) is 16.6. The first-order valence-electron chi connectivity index (χ1n) is 20.2. The lowest BCUT2D eigenvalue weighted by molar-refractivity contribution is -0.130. The van der Waals surface area contributed by atoms with Gasteiger partial charge in [0, 0.05) is 0 Å². The van der Waals surface area contributed by atoms with Crippen LogP contribution in [0.3, 0.4) is 0 Å². The summed E-state index contributed by atoms with van der Waals surface area (Å²) >= 11 is 0. The largest absolute Gasteiger partial charge is 0.0654 e. The van der Waals surface area contributed by atoms with Crippen LogP contribution in [-0.4, -0.2) is 0 Å². The highest BCUT2D eigenvalue weighted by Gasteiger charge is 2.60. The van der Waals surface area contributed by atoms with E-state index in [0.29, 0.717) is 16.2 Å². The molecule has 3 saturated carbocycles. The lowest BCUT2D eigenvalue weighted by atomic mass is 9.42. The van der Waals surface area contributed by atoms with E-state index in [1.807, 2.05) is 0 Å². The van der Waals surface area contributed by atoms with Gasteiger partial charge in [-0.05, 0) is 132 Å². The van der Waals surface area contributed by atoms with Crippen LogP contribution < -0.4 is 0 Å². The maximum absolute atomic E-state index is 2.77. The first kappa shape index (κ1) is 37.5. The Balaban J connectivity index is 2.04. The van der Waals surface area contributed by atoms with Crippen molar-refractivity contribution >= 4 is 0 Å². The standard InChI is InChI=1S/C43H82/c1-15-20-22-42(13)23-24-43(42,14)39(19-5)38-28-34-27-36(30(7)18-4)31(8)26-40(41(11,12)33(10)29(6)17-3)32(9)25-37(34)35(38)21-16-2/h29-40H,15-28H2,1-14H3. The minimum Gasteiger partial charge on any atom is -0.0654 e. The highest BCUT2D eigenvalue weighted by atomic mass is 14.6. The van der Waals surface area contributed by atoms with Gasteiger partial charge in [-0.25, -0.2) is 0 Å². The molecule has 0 heterocycles. The molecule has 3 aliphatic carbocycles. The van der Waals surface area contributed by atoms with Gasteiger partial charge in [-0.1, -0.05) is 142 Å². The van der Waals surface area contributed by atoms with Crippen LogP contribution in [0.1, 0.15) is 187 Å². The molecule has 0 aromatic carbocycles. The molecule has 0 saturated heterocycles. The fourth-order valence-electron chi connectivity index (χ4n) is 12.6. The number of unbranched alkanes of at least 4 members (excludes halogenated alkanes) is 1. The normalized spacial score (nSPS) is 41.7. The topological polar surface area (TPSA) is 0 Å². The molecule has 43 heavy (non-hydrogen) atoms. The molecule has 14 unspecified atom stereocenters. The van der Waals surface area contributed by atoms with Gasteiger partial charge in [0.05, 0.1) is 0 Å². The van der Waals surface area contributed by atoms with Crippen molar-refractivity contribution in [2.75, 3.05) is 0 Å². The zero-order chi connectivity index (χ0) is 32.3. The summed E-state index contributed by atoms with van der Waals surface area (Å²) in [6.45, 7) is 36.4. The van der Waals surface area contributed by atoms with Crippen molar-refractivity contribution < 1.29 is 0 Å². The second-order valence-electron chi connectivity index (χ2n) is 18.7. The fourth-order valence-corrected chi connectivity index (χ4v) is 12.6. The summed E-state index contributed by atoms with van der Waals surface area (Å²) in [6, 6.07) is 0. The molecule has 14 atom stereocenters. The zero-order valence-electron chi connectivity index (χ0n) is 32.3. The highest BCUT2D eigenvalue weighted by Crippen LogP contribution is 2.68. The fraction of sp³-hybridized carbons (Fsp3) is 1.00. The van der Waals surface area contributed by atoms with Crippen LogP contribution in [0.15, 0.2) is 0 Å². The molecule has 0 N–H and O–H groups in total. The van der Waals surface area contributed by atoms with E-state index in [0.717, 1.165) is 71.0 Å². The Labute approximate surface area is 273 Å². The Hall–Kier alpha value is 0. The molecule has 0 bridgehead atoms. The molecular formula is C43H82. The van der Waals surface area contributed by atoms with Crippen LogP contribution in [0.2, 0.25) is 0 Å². The summed E-state index contributed by atoms with van der Waals surface area (Å²) in [5.74, 6) is 10.6. The van der Waals surface area contributed by atoms with Crippen LogP contribution in [0.4, 0.5) is 0 Å². The Morgan fingerprint density at radius 1 is 0.744 bits per heavy atom. The molecule has 0 amide bonds. The first-order chi connectivity index (χ1) is 20.2. The van der Waals surface area contributed by atoms with Gasteiger partial charge in [0.15, 0.2) is 0 Å². The molecule has 3 rings (SSSR count). The van der Waals surface area contributed by atoms with Crippen LogP contribution in [0, 0.1) is 87.3 Å². The Bertz CT molecular complexity index is 824. The summed E-state index contributed by atoms with van der Waals surface area (Å²) in [4.78, 5) is 0. The van der Waals surface area contributed by atoms with E-state index < -0.39 is 0 Å². The van der Waals surface area contributed by atoms with E-state index in [1.165, 1.54) is 83.5 Å². The van der Waals surface area contributed by atoms with Crippen LogP contribution in [-0.2, 0) is 0 Å². The van der Waals surface area contributed by atoms with Crippen molar-refractivity contribution in [3.05, 3.63) is 0 Å². The molecule has 3 fully saturated rings. The van der Waals surface area contributed by atoms with Crippen LogP contribution in [0.5, 0.6) is 0 Å². The Morgan fingerprint density at radius 2 is 1.40 bits per heavy atom. The van der Waals surface area contributed by atoms with Crippen molar-refractivity contribution in [1.29, 1.82) is 0 Å². The number of hydrogen-bond acceptors (Lipinski definition) is 0. The molecule has 0 aliphatic heterocycles. The molecule has 254 valence electrons. The molecular weight excluding hydrogens is 516 g/mol. The summed E-state index contributed by atoms with van der Waals surface area (Å²) < 4.78 is 0. The number of rotatable bonds is 14. The lowest BCUT2D eigenvalue weighted by Gasteiger charge is -2.62. The SMILES string of the molecule is CCCCC1(C)CCC1(C)C(CC)C1CC2CC(C(C)CC)C(C)CC(C(C)(C)C(C)C(C)CC)C(C)CC2C1CCC. The average Bonchev–Trinajstić information content (AvgIpc) is 3.32. The zero-order valence-corrected chi connectivity index (χ0v) is 32.3. The van der Waals surface area contributed by atoms with Crippen molar-refractivity contribution in [3.8, 4) is 0 Å². The van der Waals surface area contributed by atoms with Crippen molar-refractivity contribution in [2.24, 2.45) is 87.3 Å². The van der Waals surface area contributed by atoms with E-state index in [2.05, 4.69) is 96.9 Å². The Kier molecular flexibility index (Phi) is 13.3. The summed E-state index contributed by atoms with van der Waals surface area (Å²) in [5.41, 5.74) is 1.52. The molecule has 0 aromatic rings. The van der Waals surface area contributed by atoms with Gasteiger partial charge in [0.1, 0.15) is 0 Å². The number of hydrogen-bond donors (Lipinski definition) is 0. The van der Waals surface area contributed by atoms with Gasteiger partial charge >= 0.3 is 0 Å². The van der Waals surface area contributed by atoms with Crippen molar-refractivity contribution in [3.63, 3.8) is 0 Å². The van der Waals surface area contributed by atoms with E-state index >= 15 is 0 Å². The second-order valence-corrected chi connectivity index (χ2v) is 18.7. The number of fused-ring (bicyclic) bond motifs is 1. The summed E-state index contributed by atoms with van der Waals surface area (Å²) in [6.07, 6.45) is 20.2. The van der Waals surface area contributed by atoms with Gasteiger partial charge in [-0.15, -0.1) is 0 Å². The first-order valence-corrected chi connectivity index (χ1v) is 20.2. The van der Waals surface area contributed by atoms with Crippen molar-refractivity contribution in [1.82, 2.24) is 0 Å². The third-order valence-electron chi connectivity index (χ3n) is 16.6. The smallest absolute Gasteiger partial charge is 0.0241 e. The lowest BCUT2D eigenvalue weighted by Crippen LogP contribution is -2.54. The van der Waals surface area contributed by atoms with Crippen molar-refractivity contribution in [2.45, 2.75) is 187 Å². The van der Waals surface area contributed by atoms with Gasteiger partial charge in [-0.3, -0.25) is 0 Å². The second kappa shape index (κ2) is 15.3. The van der Waals surface area contributed by atoms with E-state index in [-0.39, 0.29) is 0 Å². The molecule has 0 radical (unpaired) electrons. The van der Waals surface area contributed by atoms with Gasteiger partial charge < -0.3 is 0 Å². The van der Waals surface area contributed by atoms with Crippen LogP contribution in [0.25, 0.3) is 0 Å². The minimum atomic E-state index is 0.396. The molecule has 0 heteroatoms. The van der Waals surface area contributed by atoms with E-state index in [9.17, 15) is 0 Å². The summed E-state index contributed by atoms with van der Waals surface area (Å²) in [5, 5.41) is 0. The highest BCUT2D eigenvalue weighted by molar-refractivity contribution is 5.09. The predicted octanol–water partition coefficient (Wildman–Crippen LogP) is 14.1. The van der Waals surface area contributed by atoms with Gasteiger partial charge in [0.25, 0.3) is 0 Å². The Morgan fingerprint density at radius 3 is 1.91 bits per heavy atom. The molecule has 3 aliphatic rings. The quantitative estimate of drug-likeness (QED) is 0.186. The van der Waals surface area contributed by atoms with Gasteiger partial charge in [-0.2, -0.15) is 0 Å². The predicted molar refractivity (Wildman–Crippen MR) is 193 cm³/mol. The molecule has 0 spiro atoms. The minimum absolute atomic E-state index is 0.396. The maximum atomic E-state index is 2.77. The maximum Gasteiger partial charge on any atom is -0.0241 e. The van der Waals surface area contributed by atoms with Gasteiger partial charge in [0.2, 0.25) is 0 Å². The molecule has 0 aromatic heterocycles. The average molecular weight is 599 g/mol. The van der Waals surface area contributed by atoms with E-state index in [1.54, 1.807) is 6.42 Å². The monoisotopic (exact) mass is 599 g/mol. The van der Waals surface area contributed by atoms with E-state index in [4.69, 9.17) is 0 Å². The summed E-state index contributed by atoms with van der Waals surface area (Å²) in [7, 11) is 0. The molecule has 0 nitrogen and oxygen atoms in total.